The van der Waals surface area contributed by atoms with Crippen molar-refractivity contribution in [2.45, 2.75) is 13.8 Å². The van der Waals surface area contributed by atoms with Gasteiger partial charge in [-0.05, 0) is 13.8 Å². The Labute approximate surface area is 54.6 Å². The molecule has 0 bridgehead atoms. The van der Waals surface area contributed by atoms with Crippen molar-refractivity contribution in [1.29, 1.82) is 0 Å². The van der Waals surface area contributed by atoms with E-state index in [0.29, 0.717) is 0 Å². The highest BCUT2D eigenvalue weighted by Gasteiger charge is 1.83. The second-order valence-electron chi connectivity index (χ2n) is 1.56. The Bertz CT molecular complexity index is 103. The molecular weight excluding hydrogens is 128 g/mol. The van der Waals surface area contributed by atoms with Gasteiger partial charge >= 0.3 is 5.97 Å². The Morgan fingerprint density at radius 1 is 1.50 bits per heavy atom. The minimum atomic E-state index is -0.875. The zero-order valence-electron chi connectivity index (χ0n) is 4.84. The van der Waals surface area contributed by atoms with Gasteiger partial charge in [0.2, 0.25) is 0 Å². The van der Waals surface area contributed by atoms with E-state index in [0.717, 1.165) is 5.57 Å². The molecule has 8 heavy (non-hydrogen) atoms. The van der Waals surface area contributed by atoms with Gasteiger partial charge in [-0.2, -0.15) is 0 Å². The van der Waals surface area contributed by atoms with Crippen LogP contribution in [0.3, 0.4) is 0 Å². The maximum Gasteiger partial charge on any atom is 0.328 e. The van der Waals surface area contributed by atoms with Gasteiger partial charge in [0, 0.05) is 6.08 Å². The van der Waals surface area contributed by atoms with Gasteiger partial charge in [-0.15, -0.1) is 12.4 Å². The molecular formula is C5H9ClO2. The SMILES string of the molecule is CC(C)=CC(=O)O.Cl. The predicted octanol–water partition coefficient (Wildman–Crippen LogP) is 1.46. The zero-order valence-corrected chi connectivity index (χ0v) is 5.66. The van der Waals surface area contributed by atoms with Crippen LogP contribution in [0.25, 0.3) is 0 Å². The van der Waals surface area contributed by atoms with Crippen molar-refractivity contribution in [2.75, 3.05) is 0 Å². The second-order valence-corrected chi connectivity index (χ2v) is 1.56. The largest absolute Gasteiger partial charge is 0.478 e. The molecule has 0 radical (unpaired) electrons. The summed E-state index contributed by atoms with van der Waals surface area (Å²) in [5, 5.41) is 8.01. The molecule has 0 aliphatic heterocycles. The van der Waals surface area contributed by atoms with Gasteiger partial charge in [0.1, 0.15) is 0 Å². The highest BCUT2D eigenvalue weighted by molar-refractivity contribution is 5.85. The van der Waals surface area contributed by atoms with Crippen molar-refractivity contribution >= 4 is 18.4 Å². The number of carboxylic acid groups (broad SMARTS) is 1. The van der Waals surface area contributed by atoms with Crippen LogP contribution >= 0.6 is 12.4 Å². The number of allylic oxidation sites excluding steroid dienone is 1. The summed E-state index contributed by atoms with van der Waals surface area (Å²) in [6.07, 6.45) is 1.17. The Morgan fingerprint density at radius 3 is 1.88 bits per heavy atom. The van der Waals surface area contributed by atoms with Crippen LogP contribution in [-0.4, -0.2) is 11.1 Å². The minimum Gasteiger partial charge on any atom is -0.478 e. The van der Waals surface area contributed by atoms with E-state index in [9.17, 15) is 4.79 Å². The molecule has 0 aliphatic carbocycles. The molecule has 0 aromatic heterocycles. The van der Waals surface area contributed by atoms with E-state index in [2.05, 4.69) is 0 Å². The molecule has 2 nitrogen and oxygen atoms in total. The van der Waals surface area contributed by atoms with E-state index in [1.54, 1.807) is 13.8 Å². The summed E-state index contributed by atoms with van der Waals surface area (Å²) in [4.78, 5) is 9.73. The van der Waals surface area contributed by atoms with E-state index in [4.69, 9.17) is 5.11 Å². The van der Waals surface area contributed by atoms with Crippen LogP contribution in [0.2, 0.25) is 0 Å². The van der Waals surface area contributed by atoms with Crippen molar-refractivity contribution in [3.05, 3.63) is 11.6 Å². The molecule has 0 aromatic rings. The average Bonchev–Trinajstić information content (AvgIpc) is 1.27. The highest BCUT2D eigenvalue weighted by Crippen LogP contribution is 1.85. The number of halogens is 1. The molecule has 0 saturated heterocycles. The van der Waals surface area contributed by atoms with Crippen LogP contribution in [0, 0.1) is 0 Å². The Kier molecular flexibility index (Phi) is 6.09. The molecule has 48 valence electrons. The van der Waals surface area contributed by atoms with Crippen LogP contribution in [0.5, 0.6) is 0 Å². The number of hydrogen-bond acceptors (Lipinski definition) is 1. The van der Waals surface area contributed by atoms with Crippen molar-refractivity contribution in [3.63, 3.8) is 0 Å². The number of rotatable bonds is 1. The second kappa shape index (κ2) is 4.65. The van der Waals surface area contributed by atoms with Crippen LogP contribution in [0.4, 0.5) is 0 Å². The van der Waals surface area contributed by atoms with Crippen molar-refractivity contribution in [2.24, 2.45) is 0 Å². The van der Waals surface area contributed by atoms with E-state index < -0.39 is 5.97 Å². The molecule has 0 spiro atoms. The van der Waals surface area contributed by atoms with Gasteiger partial charge in [0.05, 0.1) is 0 Å². The molecule has 0 atom stereocenters. The van der Waals surface area contributed by atoms with Gasteiger partial charge in [-0.25, -0.2) is 4.79 Å². The lowest BCUT2D eigenvalue weighted by atomic mass is 10.3. The number of carbonyl (C=O) groups is 1. The van der Waals surface area contributed by atoms with Gasteiger partial charge in [-0.1, -0.05) is 5.57 Å². The Hall–Kier alpha value is -0.500. The normalized spacial score (nSPS) is 6.75. The first-order valence-electron chi connectivity index (χ1n) is 2.01. The van der Waals surface area contributed by atoms with Gasteiger partial charge in [0.15, 0.2) is 0 Å². The summed E-state index contributed by atoms with van der Waals surface area (Å²) in [5.41, 5.74) is 0.813. The molecule has 0 saturated carbocycles. The zero-order chi connectivity index (χ0) is 5.86. The smallest absolute Gasteiger partial charge is 0.328 e. The minimum absolute atomic E-state index is 0. The topological polar surface area (TPSA) is 37.3 Å². The summed E-state index contributed by atoms with van der Waals surface area (Å²) in [6.45, 7) is 3.49. The predicted molar refractivity (Wildman–Crippen MR) is 34.3 cm³/mol. The lowest BCUT2D eigenvalue weighted by molar-refractivity contribution is -0.131. The summed E-state index contributed by atoms with van der Waals surface area (Å²) >= 11 is 0. The number of hydrogen-bond donors (Lipinski definition) is 1. The lowest BCUT2D eigenvalue weighted by Gasteiger charge is -1.79. The van der Waals surface area contributed by atoms with Crippen LogP contribution < -0.4 is 0 Å². The number of aliphatic carboxylic acids is 1. The fourth-order valence-corrected chi connectivity index (χ4v) is 0.247. The molecule has 0 aliphatic rings. The lowest BCUT2D eigenvalue weighted by Crippen LogP contribution is -1.86. The van der Waals surface area contributed by atoms with E-state index in [1.165, 1.54) is 6.08 Å². The standard InChI is InChI=1S/C5H8O2.ClH/c1-4(2)3-5(6)7;/h3H,1-2H3,(H,6,7);1H. The summed E-state index contributed by atoms with van der Waals surface area (Å²) in [6, 6.07) is 0. The number of carboxylic acids is 1. The molecule has 1 N–H and O–H groups in total. The first kappa shape index (κ1) is 10.5. The van der Waals surface area contributed by atoms with Crippen molar-refractivity contribution < 1.29 is 9.90 Å². The molecule has 0 aromatic carbocycles. The van der Waals surface area contributed by atoms with Crippen LogP contribution in [-0.2, 0) is 4.79 Å². The maximum absolute atomic E-state index is 9.73. The third-order valence-corrected chi connectivity index (χ3v) is 0.412. The van der Waals surface area contributed by atoms with Crippen molar-refractivity contribution in [1.82, 2.24) is 0 Å². The molecule has 0 amide bonds. The summed E-state index contributed by atoms with van der Waals surface area (Å²) in [5.74, 6) is -0.875. The van der Waals surface area contributed by atoms with E-state index in [1.807, 2.05) is 0 Å². The molecule has 0 fully saturated rings. The van der Waals surface area contributed by atoms with E-state index in [-0.39, 0.29) is 12.4 Å². The molecule has 0 rings (SSSR count). The molecule has 0 unspecified atom stereocenters. The fourth-order valence-electron chi connectivity index (χ4n) is 0.247. The first-order chi connectivity index (χ1) is 3.13. The monoisotopic (exact) mass is 136 g/mol. The van der Waals surface area contributed by atoms with Crippen molar-refractivity contribution in [3.8, 4) is 0 Å². The van der Waals surface area contributed by atoms with E-state index >= 15 is 0 Å². The molecule has 0 heterocycles. The Morgan fingerprint density at radius 2 is 1.88 bits per heavy atom. The summed E-state index contributed by atoms with van der Waals surface area (Å²) < 4.78 is 0. The Balaban J connectivity index is 0. The fraction of sp³-hybridized carbons (Fsp3) is 0.400. The van der Waals surface area contributed by atoms with Crippen LogP contribution in [0.1, 0.15) is 13.8 Å². The molecule has 3 heteroatoms. The van der Waals surface area contributed by atoms with Gasteiger partial charge in [-0.3, -0.25) is 0 Å². The third-order valence-electron chi connectivity index (χ3n) is 0.412. The van der Waals surface area contributed by atoms with Gasteiger partial charge in [0.25, 0.3) is 0 Å². The summed E-state index contributed by atoms with van der Waals surface area (Å²) in [7, 11) is 0. The first-order valence-corrected chi connectivity index (χ1v) is 2.01. The third kappa shape index (κ3) is 9.09. The quantitative estimate of drug-likeness (QED) is 0.554. The highest BCUT2D eigenvalue weighted by atomic mass is 35.5. The van der Waals surface area contributed by atoms with Crippen LogP contribution in [0.15, 0.2) is 11.6 Å². The van der Waals surface area contributed by atoms with Gasteiger partial charge < -0.3 is 5.11 Å². The maximum atomic E-state index is 9.73. The average molecular weight is 137 g/mol.